The van der Waals surface area contributed by atoms with Crippen LogP contribution in [0.3, 0.4) is 0 Å². The summed E-state index contributed by atoms with van der Waals surface area (Å²) in [5.74, 6) is 0.637. The molecule has 104 valence electrons. The van der Waals surface area contributed by atoms with Crippen molar-refractivity contribution in [2.24, 2.45) is 0 Å². The minimum atomic E-state index is 0.362. The summed E-state index contributed by atoms with van der Waals surface area (Å²) >= 11 is 0. The third-order valence-corrected chi connectivity index (χ3v) is 4.39. The van der Waals surface area contributed by atoms with Gasteiger partial charge in [0.15, 0.2) is 0 Å². The van der Waals surface area contributed by atoms with Gasteiger partial charge in [-0.3, -0.25) is 4.98 Å². The molecular weight excluding hydrogens is 244 g/mol. The smallest absolute Gasteiger partial charge is 0.0691 e. The molecule has 2 heteroatoms. The number of rotatable bonds is 4. The Labute approximate surface area is 121 Å². The van der Waals surface area contributed by atoms with Crippen LogP contribution in [0.5, 0.6) is 0 Å². The van der Waals surface area contributed by atoms with E-state index in [1.54, 1.807) is 0 Å². The molecule has 0 saturated heterocycles. The summed E-state index contributed by atoms with van der Waals surface area (Å²) in [4.78, 5) is 4.53. The number of aromatic nitrogens is 1. The highest BCUT2D eigenvalue weighted by molar-refractivity contribution is 5.48. The first-order chi connectivity index (χ1) is 9.78. The molecule has 0 spiro atoms. The van der Waals surface area contributed by atoms with Crippen molar-refractivity contribution in [3.8, 4) is 0 Å². The Morgan fingerprint density at radius 1 is 1.25 bits per heavy atom. The molecule has 1 aliphatic rings. The average Bonchev–Trinajstić information content (AvgIpc) is 2.91. The van der Waals surface area contributed by atoms with Crippen LogP contribution in [-0.2, 0) is 6.42 Å². The number of hydrogen-bond acceptors (Lipinski definition) is 2. The molecule has 0 bridgehead atoms. The molecule has 0 fully saturated rings. The summed E-state index contributed by atoms with van der Waals surface area (Å²) in [6.45, 7) is 4.51. The van der Waals surface area contributed by atoms with Crippen LogP contribution in [0.2, 0.25) is 0 Å². The van der Waals surface area contributed by atoms with Crippen LogP contribution in [0.1, 0.15) is 55.5 Å². The highest BCUT2D eigenvalue weighted by Crippen LogP contribution is 2.32. The summed E-state index contributed by atoms with van der Waals surface area (Å²) in [6, 6.07) is 13.5. The molecule has 1 aromatic carbocycles. The predicted molar refractivity (Wildman–Crippen MR) is 84.1 cm³/mol. The maximum atomic E-state index is 4.53. The lowest BCUT2D eigenvalue weighted by Gasteiger charge is -2.16. The Morgan fingerprint density at radius 3 is 2.80 bits per heavy atom. The lowest BCUT2D eigenvalue weighted by atomic mass is 9.98. The van der Waals surface area contributed by atoms with Crippen molar-refractivity contribution in [3.05, 3.63) is 59.4 Å². The van der Waals surface area contributed by atoms with Crippen LogP contribution in [0.25, 0.3) is 0 Å². The molecule has 0 amide bonds. The summed E-state index contributed by atoms with van der Waals surface area (Å²) in [5, 5.41) is 3.62. The van der Waals surface area contributed by atoms with E-state index in [0.29, 0.717) is 12.0 Å². The van der Waals surface area contributed by atoms with E-state index in [1.165, 1.54) is 28.9 Å². The van der Waals surface area contributed by atoms with Crippen LogP contribution < -0.4 is 5.32 Å². The monoisotopic (exact) mass is 266 g/mol. The Hall–Kier alpha value is -1.83. The van der Waals surface area contributed by atoms with E-state index < -0.39 is 0 Å². The molecule has 2 nitrogen and oxygen atoms in total. The van der Waals surface area contributed by atoms with E-state index in [1.807, 2.05) is 12.3 Å². The normalized spacial score (nSPS) is 18.6. The molecule has 0 aliphatic heterocycles. The van der Waals surface area contributed by atoms with Gasteiger partial charge in [0.25, 0.3) is 0 Å². The van der Waals surface area contributed by atoms with Crippen LogP contribution in [-0.4, -0.2) is 4.98 Å². The van der Waals surface area contributed by atoms with Crippen molar-refractivity contribution in [2.75, 3.05) is 5.32 Å². The van der Waals surface area contributed by atoms with Gasteiger partial charge in [0.2, 0.25) is 0 Å². The first-order valence-electron chi connectivity index (χ1n) is 7.58. The van der Waals surface area contributed by atoms with Crippen molar-refractivity contribution in [3.63, 3.8) is 0 Å². The number of nitrogens with zero attached hydrogens (tertiary/aromatic N) is 1. The van der Waals surface area contributed by atoms with E-state index in [2.05, 4.69) is 54.5 Å². The number of anilines is 1. The summed E-state index contributed by atoms with van der Waals surface area (Å²) in [6.07, 6.45) is 5.35. The van der Waals surface area contributed by atoms with Gasteiger partial charge in [0.05, 0.1) is 11.7 Å². The molecule has 1 aromatic heterocycles. The fourth-order valence-corrected chi connectivity index (χ4v) is 2.90. The van der Waals surface area contributed by atoms with Gasteiger partial charge in [-0.25, -0.2) is 0 Å². The van der Waals surface area contributed by atoms with Crippen LogP contribution in [0.15, 0.2) is 42.6 Å². The molecule has 20 heavy (non-hydrogen) atoms. The second kappa shape index (κ2) is 5.66. The third kappa shape index (κ3) is 2.55. The second-order valence-electron chi connectivity index (χ2n) is 5.71. The van der Waals surface area contributed by atoms with Gasteiger partial charge in [0.1, 0.15) is 0 Å². The van der Waals surface area contributed by atoms with Crippen molar-refractivity contribution < 1.29 is 0 Å². The van der Waals surface area contributed by atoms with Gasteiger partial charge in [-0.1, -0.05) is 32.0 Å². The van der Waals surface area contributed by atoms with E-state index in [0.717, 1.165) is 12.8 Å². The standard InChI is InChI=1S/C18H22N2/c1-3-13(2)14-6-9-16(10-7-14)20-17-11-8-15-5-4-12-19-18(15)17/h4-7,9-10,12-13,17,20H,3,8,11H2,1-2H3. The zero-order chi connectivity index (χ0) is 13.9. The highest BCUT2D eigenvalue weighted by atomic mass is 15.0. The molecule has 3 rings (SSSR count). The van der Waals surface area contributed by atoms with Gasteiger partial charge < -0.3 is 5.32 Å². The molecule has 0 saturated carbocycles. The zero-order valence-corrected chi connectivity index (χ0v) is 12.3. The van der Waals surface area contributed by atoms with E-state index in [-0.39, 0.29) is 0 Å². The molecule has 2 atom stereocenters. The minimum Gasteiger partial charge on any atom is -0.377 e. The van der Waals surface area contributed by atoms with Crippen LogP contribution in [0, 0.1) is 0 Å². The number of benzene rings is 1. The Morgan fingerprint density at radius 2 is 2.05 bits per heavy atom. The van der Waals surface area contributed by atoms with Gasteiger partial charge in [-0.15, -0.1) is 0 Å². The zero-order valence-electron chi connectivity index (χ0n) is 12.3. The van der Waals surface area contributed by atoms with Crippen molar-refractivity contribution in [1.82, 2.24) is 4.98 Å². The maximum absolute atomic E-state index is 4.53. The maximum Gasteiger partial charge on any atom is 0.0691 e. The number of aryl methyl sites for hydroxylation is 1. The van der Waals surface area contributed by atoms with Crippen LogP contribution in [0.4, 0.5) is 5.69 Å². The van der Waals surface area contributed by atoms with Crippen molar-refractivity contribution >= 4 is 5.69 Å². The summed E-state index contributed by atoms with van der Waals surface area (Å²) in [7, 11) is 0. The first-order valence-corrected chi connectivity index (χ1v) is 7.58. The topological polar surface area (TPSA) is 24.9 Å². The quantitative estimate of drug-likeness (QED) is 0.868. The Bertz CT molecular complexity index is 574. The Kier molecular flexibility index (Phi) is 3.72. The van der Waals surface area contributed by atoms with Crippen molar-refractivity contribution in [1.29, 1.82) is 0 Å². The van der Waals surface area contributed by atoms with Gasteiger partial charge in [-0.2, -0.15) is 0 Å². The molecule has 1 aliphatic carbocycles. The average molecular weight is 266 g/mol. The van der Waals surface area contributed by atoms with Crippen molar-refractivity contribution in [2.45, 2.75) is 45.1 Å². The number of hydrogen-bond donors (Lipinski definition) is 1. The van der Waals surface area contributed by atoms with Crippen LogP contribution >= 0.6 is 0 Å². The van der Waals surface area contributed by atoms with E-state index >= 15 is 0 Å². The Balaban J connectivity index is 1.73. The molecule has 2 unspecified atom stereocenters. The van der Waals surface area contributed by atoms with Gasteiger partial charge in [-0.05, 0) is 54.5 Å². The number of fused-ring (bicyclic) bond motifs is 1. The molecule has 1 heterocycles. The lowest BCUT2D eigenvalue weighted by Crippen LogP contribution is -2.08. The molecular formula is C18H22N2. The van der Waals surface area contributed by atoms with Gasteiger partial charge >= 0.3 is 0 Å². The minimum absolute atomic E-state index is 0.362. The molecule has 2 aromatic rings. The third-order valence-electron chi connectivity index (χ3n) is 4.39. The van der Waals surface area contributed by atoms with Gasteiger partial charge in [0, 0.05) is 11.9 Å². The number of pyridine rings is 1. The molecule has 0 radical (unpaired) electrons. The fourth-order valence-electron chi connectivity index (χ4n) is 2.90. The second-order valence-corrected chi connectivity index (χ2v) is 5.71. The fraction of sp³-hybridized carbons (Fsp3) is 0.389. The van der Waals surface area contributed by atoms with E-state index in [9.17, 15) is 0 Å². The summed E-state index contributed by atoms with van der Waals surface area (Å²) < 4.78 is 0. The number of nitrogens with one attached hydrogen (secondary N) is 1. The van der Waals surface area contributed by atoms with E-state index in [4.69, 9.17) is 0 Å². The SMILES string of the molecule is CCC(C)c1ccc(NC2CCc3cccnc32)cc1. The lowest BCUT2D eigenvalue weighted by molar-refractivity contribution is 0.731. The largest absolute Gasteiger partial charge is 0.377 e. The molecule has 1 N–H and O–H groups in total. The predicted octanol–water partition coefficient (Wildman–Crippen LogP) is 4.69. The first kappa shape index (κ1) is 13.2. The summed E-state index contributed by atoms with van der Waals surface area (Å²) in [5.41, 5.74) is 5.23. The highest BCUT2D eigenvalue weighted by Gasteiger charge is 2.23.